The molecule has 19 heavy (non-hydrogen) atoms. The molecule has 2 unspecified atom stereocenters. The number of aliphatic hydroxyl groups excluding tert-OH is 2. The third-order valence-electron chi connectivity index (χ3n) is 3.18. The van der Waals surface area contributed by atoms with Crippen molar-refractivity contribution >= 4 is 0 Å². The third-order valence-corrected chi connectivity index (χ3v) is 3.18. The standard InChI is InChI=1S/C16H19NO2/c17-11-15(18)16(19)14-8-6-13(7-9-14)10-12-4-2-1-3-5-12/h1-9,15-16,18-19H,10-11,17H2. The monoisotopic (exact) mass is 257 g/mol. The Balaban J connectivity index is 2.06. The predicted molar refractivity (Wildman–Crippen MR) is 75.7 cm³/mol. The van der Waals surface area contributed by atoms with E-state index in [-0.39, 0.29) is 6.54 Å². The van der Waals surface area contributed by atoms with Crippen molar-refractivity contribution in [3.05, 3.63) is 71.3 Å². The zero-order chi connectivity index (χ0) is 13.7. The summed E-state index contributed by atoms with van der Waals surface area (Å²) < 4.78 is 0. The van der Waals surface area contributed by atoms with Crippen LogP contribution in [0.2, 0.25) is 0 Å². The Hall–Kier alpha value is -1.68. The molecule has 0 aliphatic heterocycles. The van der Waals surface area contributed by atoms with Crippen molar-refractivity contribution in [3.63, 3.8) is 0 Å². The van der Waals surface area contributed by atoms with Gasteiger partial charge >= 0.3 is 0 Å². The van der Waals surface area contributed by atoms with Gasteiger partial charge in [0.15, 0.2) is 0 Å². The van der Waals surface area contributed by atoms with E-state index in [4.69, 9.17) is 5.73 Å². The molecule has 0 fully saturated rings. The van der Waals surface area contributed by atoms with Gasteiger partial charge < -0.3 is 15.9 Å². The van der Waals surface area contributed by atoms with E-state index in [9.17, 15) is 10.2 Å². The normalized spacial score (nSPS) is 14.1. The minimum absolute atomic E-state index is 0.0485. The first-order valence-corrected chi connectivity index (χ1v) is 6.39. The van der Waals surface area contributed by atoms with Crippen LogP contribution in [0.15, 0.2) is 54.6 Å². The molecule has 100 valence electrons. The number of nitrogens with two attached hydrogens (primary N) is 1. The molecule has 3 nitrogen and oxygen atoms in total. The summed E-state index contributed by atoms with van der Waals surface area (Å²) in [5, 5.41) is 19.3. The minimum atomic E-state index is -0.921. The summed E-state index contributed by atoms with van der Waals surface area (Å²) >= 11 is 0. The average molecular weight is 257 g/mol. The Bertz CT molecular complexity index is 496. The smallest absolute Gasteiger partial charge is 0.106 e. The van der Waals surface area contributed by atoms with Gasteiger partial charge in [0.1, 0.15) is 6.10 Å². The SMILES string of the molecule is NCC(O)C(O)c1ccc(Cc2ccccc2)cc1. The first-order chi connectivity index (χ1) is 9.20. The van der Waals surface area contributed by atoms with Crippen molar-refractivity contribution in [1.29, 1.82) is 0 Å². The Labute approximate surface area is 113 Å². The second kappa shape index (κ2) is 6.48. The van der Waals surface area contributed by atoms with Gasteiger partial charge in [0.25, 0.3) is 0 Å². The van der Waals surface area contributed by atoms with E-state index in [1.54, 1.807) is 0 Å². The fourth-order valence-electron chi connectivity index (χ4n) is 2.02. The lowest BCUT2D eigenvalue weighted by molar-refractivity contribution is 0.0243. The van der Waals surface area contributed by atoms with E-state index >= 15 is 0 Å². The topological polar surface area (TPSA) is 66.5 Å². The van der Waals surface area contributed by atoms with Crippen LogP contribution in [-0.2, 0) is 6.42 Å². The first-order valence-electron chi connectivity index (χ1n) is 6.39. The molecule has 0 heterocycles. The summed E-state index contributed by atoms with van der Waals surface area (Å²) in [4.78, 5) is 0. The van der Waals surface area contributed by atoms with Crippen LogP contribution in [0.3, 0.4) is 0 Å². The summed E-state index contributed by atoms with van der Waals surface area (Å²) in [5.41, 5.74) is 8.44. The van der Waals surface area contributed by atoms with Crippen LogP contribution in [0.4, 0.5) is 0 Å². The van der Waals surface area contributed by atoms with Crippen molar-refractivity contribution in [2.24, 2.45) is 5.73 Å². The van der Waals surface area contributed by atoms with Crippen LogP contribution in [0.5, 0.6) is 0 Å². The maximum absolute atomic E-state index is 9.84. The van der Waals surface area contributed by atoms with E-state index in [1.807, 2.05) is 42.5 Å². The van der Waals surface area contributed by atoms with Gasteiger partial charge in [-0.25, -0.2) is 0 Å². The fraction of sp³-hybridized carbons (Fsp3) is 0.250. The summed E-state index contributed by atoms with van der Waals surface area (Å²) in [6, 6.07) is 17.8. The lowest BCUT2D eigenvalue weighted by Crippen LogP contribution is -2.27. The fourth-order valence-corrected chi connectivity index (χ4v) is 2.02. The molecular formula is C16H19NO2. The third kappa shape index (κ3) is 3.64. The maximum Gasteiger partial charge on any atom is 0.106 e. The molecule has 2 rings (SSSR count). The van der Waals surface area contributed by atoms with Crippen LogP contribution < -0.4 is 5.73 Å². The predicted octanol–water partition coefficient (Wildman–Crippen LogP) is 1.63. The molecule has 0 aliphatic carbocycles. The molecule has 0 saturated heterocycles. The molecule has 0 aliphatic rings. The zero-order valence-electron chi connectivity index (χ0n) is 10.7. The van der Waals surface area contributed by atoms with Crippen LogP contribution in [0.1, 0.15) is 22.8 Å². The van der Waals surface area contributed by atoms with E-state index < -0.39 is 12.2 Å². The molecule has 0 radical (unpaired) electrons. The molecule has 0 bridgehead atoms. The van der Waals surface area contributed by atoms with E-state index in [0.717, 1.165) is 6.42 Å². The molecule has 0 amide bonds. The van der Waals surface area contributed by atoms with E-state index in [0.29, 0.717) is 5.56 Å². The van der Waals surface area contributed by atoms with Gasteiger partial charge in [0, 0.05) is 6.54 Å². The Kier molecular flexibility index (Phi) is 4.68. The van der Waals surface area contributed by atoms with Gasteiger partial charge in [-0.3, -0.25) is 0 Å². The highest BCUT2D eigenvalue weighted by Crippen LogP contribution is 2.18. The molecule has 2 aromatic carbocycles. The van der Waals surface area contributed by atoms with Crippen molar-refractivity contribution < 1.29 is 10.2 Å². The van der Waals surface area contributed by atoms with Crippen molar-refractivity contribution in [2.45, 2.75) is 18.6 Å². The minimum Gasteiger partial charge on any atom is -0.389 e. The lowest BCUT2D eigenvalue weighted by atomic mass is 10.00. The number of hydrogen-bond donors (Lipinski definition) is 3. The first kappa shape index (κ1) is 13.7. The lowest BCUT2D eigenvalue weighted by Gasteiger charge is -2.16. The van der Waals surface area contributed by atoms with Crippen molar-refractivity contribution in [2.75, 3.05) is 6.54 Å². The van der Waals surface area contributed by atoms with Gasteiger partial charge in [0.2, 0.25) is 0 Å². The largest absolute Gasteiger partial charge is 0.389 e. The molecule has 4 N–H and O–H groups in total. The van der Waals surface area contributed by atoms with Gasteiger partial charge in [0.05, 0.1) is 6.10 Å². The molecule has 0 saturated carbocycles. The van der Waals surface area contributed by atoms with E-state index in [1.165, 1.54) is 11.1 Å². The Morgan fingerprint density at radius 1 is 0.842 bits per heavy atom. The highest BCUT2D eigenvalue weighted by molar-refractivity contribution is 5.29. The molecular weight excluding hydrogens is 238 g/mol. The quantitative estimate of drug-likeness (QED) is 0.762. The summed E-state index contributed by atoms with van der Waals surface area (Å²) in [6.07, 6.45) is -0.979. The number of hydrogen-bond acceptors (Lipinski definition) is 3. The molecule has 2 aromatic rings. The highest BCUT2D eigenvalue weighted by Gasteiger charge is 2.16. The highest BCUT2D eigenvalue weighted by atomic mass is 16.3. The van der Waals surface area contributed by atoms with Crippen molar-refractivity contribution in [1.82, 2.24) is 0 Å². The van der Waals surface area contributed by atoms with Crippen LogP contribution in [0, 0.1) is 0 Å². The molecule has 0 aromatic heterocycles. The zero-order valence-corrected chi connectivity index (χ0v) is 10.7. The van der Waals surface area contributed by atoms with Crippen molar-refractivity contribution in [3.8, 4) is 0 Å². The second-order valence-corrected chi connectivity index (χ2v) is 4.65. The Morgan fingerprint density at radius 2 is 1.42 bits per heavy atom. The summed E-state index contributed by atoms with van der Waals surface area (Å²) in [7, 11) is 0. The Morgan fingerprint density at radius 3 is 2.00 bits per heavy atom. The number of aliphatic hydroxyl groups is 2. The average Bonchev–Trinajstić information content (AvgIpc) is 2.47. The second-order valence-electron chi connectivity index (χ2n) is 4.65. The van der Waals surface area contributed by atoms with Crippen LogP contribution >= 0.6 is 0 Å². The van der Waals surface area contributed by atoms with Gasteiger partial charge in [-0.15, -0.1) is 0 Å². The molecule has 0 spiro atoms. The van der Waals surface area contributed by atoms with Crippen LogP contribution in [0.25, 0.3) is 0 Å². The molecule has 3 heteroatoms. The molecule has 2 atom stereocenters. The van der Waals surface area contributed by atoms with Gasteiger partial charge in [-0.2, -0.15) is 0 Å². The van der Waals surface area contributed by atoms with Crippen LogP contribution in [-0.4, -0.2) is 22.9 Å². The number of rotatable bonds is 5. The van der Waals surface area contributed by atoms with Gasteiger partial charge in [-0.05, 0) is 23.1 Å². The van der Waals surface area contributed by atoms with Gasteiger partial charge in [-0.1, -0.05) is 54.6 Å². The van der Waals surface area contributed by atoms with E-state index in [2.05, 4.69) is 12.1 Å². The maximum atomic E-state index is 9.84. The number of benzene rings is 2. The summed E-state index contributed by atoms with van der Waals surface area (Å²) in [6.45, 7) is 0.0485. The summed E-state index contributed by atoms with van der Waals surface area (Å²) in [5.74, 6) is 0.